The van der Waals surface area contributed by atoms with Crippen molar-refractivity contribution >= 4 is 6.21 Å². The molecule has 0 rings (SSSR count). The van der Waals surface area contributed by atoms with E-state index in [1.54, 1.807) is 0 Å². The summed E-state index contributed by atoms with van der Waals surface area (Å²) in [5.74, 6) is 4.81. The Morgan fingerprint density at radius 2 is 2.38 bits per heavy atom. The van der Waals surface area contributed by atoms with Crippen LogP contribution in [0.2, 0.25) is 0 Å². The minimum absolute atomic E-state index is 0.620. The van der Waals surface area contributed by atoms with Crippen LogP contribution in [0.15, 0.2) is 16.9 Å². The molecule has 0 radical (unpaired) electrons. The van der Waals surface area contributed by atoms with Crippen LogP contribution in [0.3, 0.4) is 0 Å². The van der Waals surface area contributed by atoms with E-state index in [-0.39, 0.29) is 0 Å². The SMILES string of the molecule is CC/C=C(N)\C=N/N. The first-order chi connectivity index (χ1) is 3.81. The number of rotatable bonds is 2. The van der Waals surface area contributed by atoms with Gasteiger partial charge >= 0.3 is 0 Å². The standard InChI is InChI=1S/C5H11N3/c1-2-3-5(6)4-8-7/h3-4H,2,6-7H2,1H3/b5-3+,8-4-. The molecule has 0 fully saturated rings. The monoisotopic (exact) mass is 113 g/mol. The van der Waals surface area contributed by atoms with Crippen LogP contribution < -0.4 is 11.6 Å². The van der Waals surface area contributed by atoms with Gasteiger partial charge in [0, 0.05) is 5.70 Å². The van der Waals surface area contributed by atoms with Crippen molar-refractivity contribution in [1.29, 1.82) is 0 Å². The molecule has 0 aromatic rings. The molecule has 46 valence electrons. The van der Waals surface area contributed by atoms with Crippen molar-refractivity contribution in [1.82, 2.24) is 0 Å². The van der Waals surface area contributed by atoms with Crippen molar-refractivity contribution in [3.8, 4) is 0 Å². The van der Waals surface area contributed by atoms with E-state index >= 15 is 0 Å². The highest BCUT2D eigenvalue weighted by Crippen LogP contribution is 1.81. The number of nitrogens with zero attached hydrogens (tertiary/aromatic N) is 1. The van der Waals surface area contributed by atoms with Gasteiger partial charge in [-0.1, -0.05) is 13.0 Å². The number of hydrogen-bond donors (Lipinski definition) is 2. The average Bonchev–Trinajstić information content (AvgIpc) is 1.68. The first kappa shape index (κ1) is 7.01. The van der Waals surface area contributed by atoms with Gasteiger partial charge in [-0.25, -0.2) is 0 Å². The second-order valence-corrected chi connectivity index (χ2v) is 1.39. The van der Waals surface area contributed by atoms with Crippen molar-refractivity contribution in [2.75, 3.05) is 0 Å². The Balaban J connectivity index is 3.61. The van der Waals surface area contributed by atoms with E-state index in [1.807, 2.05) is 13.0 Å². The van der Waals surface area contributed by atoms with Crippen LogP contribution in [0, 0.1) is 0 Å². The third-order valence-electron chi connectivity index (χ3n) is 0.663. The van der Waals surface area contributed by atoms with Crippen LogP contribution in [-0.2, 0) is 0 Å². The fraction of sp³-hybridized carbons (Fsp3) is 0.400. The van der Waals surface area contributed by atoms with E-state index in [9.17, 15) is 0 Å². The summed E-state index contributed by atoms with van der Waals surface area (Å²) in [6.07, 6.45) is 4.18. The second-order valence-electron chi connectivity index (χ2n) is 1.39. The molecule has 0 saturated carbocycles. The molecule has 3 heteroatoms. The molecule has 0 aliphatic carbocycles. The van der Waals surface area contributed by atoms with Crippen LogP contribution in [0.5, 0.6) is 0 Å². The third-order valence-corrected chi connectivity index (χ3v) is 0.663. The zero-order valence-corrected chi connectivity index (χ0v) is 4.96. The van der Waals surface area contributed by atoms with Gasteiger partial charge in [-0.2, -0.15) is 5.10 Å². The molecular formula is C5H11N3. The van der Waals surface area contributed by atoms with Gasteiger partial charge < -0.3 is 11.6 Å². The summed E-state index contributed by atoms with van der Waals surface area (Å²) in [4.78, 5) is 0. The number of nitrogens with two attached hydrogens (primary N) is 2. The summed E-state index contributed by atoms with van der Waals surface area (Å²) in [5.41, 5.74) is 5.95. The summed E-state index contributed by atoms with van der Waals surface area (Å²) in [7, 11) is 0. The summed E-state index contributed by atoms with van der Waals surface area (Å²) in [6.45, 7) is 2.00. The molecule has 3 nitrogen and oxygen atoms in total. The van der Waals surface area contributed by atoms with Crippen LogP contribution in [0.1, 0.15) is 13.3 Å². The highest BCUT2D eigenvalue weighted by molar-refractivity contribution is 5.76. The molecule has 0 heterocycles. The van der Waals surface area contributed by atoms with Gasteiger partial charge in [0.25, 0.3) is 0 Å². The van der Waals surface area contributed by atoms with Crippen molar-refractivity contribution in [2.45, 2.75) is 13.3 Å². The minimum atomic E-state index is 0.620. The first-order valence-electron chi connectivity index (χ1n) is 2.50. The molecule has 0 amide bonds. The second kappa shape index (κ2) is 4.18. The van der Waals surface area contributed by atoms with E-state index in [0.29, 0.717) is 5.70 Å². The number of allylic oxidation sites excluding steroid dienone is 2. The van der Waals surface area contributed by atoms with E-state index in [2.05, 4.69) is 5.10 Å². The van der Waals surface area contributed by atoms with Gasteiger partial charge in [0.15, 0.2) is 0 Å². The van der Waals surface area contributed by atoms with Crippen LogP contribution >= 0.6 is 0 Å². The lowest BCUT2D eigenvalue weighted by Gasteiger charge is -1.85. The van der Waals surface area contributed by atoms with Gasteiger partial charge in [-0.3, -0.25) is 0 Å². The van der Waals surface area contributed by atoms with Crippen LogP contribution in [0.25, 0.3) is 0 Å². The van der Waals surface area contributed by atoms with Gasteiger partial charge in [0.1, 0.15) is 0 Å². The molecule has 0 unspecified atom stereocenters. The molecule has 0 saturated heterocycles. The fourth-order valence-corrected chi connectivity index (χ4v) is 0.374. The highest BCUT2D eigenvalue weighted by atomic mass is 15.1. The normalized spacial score (nSPS) is 12.9. The van der Waals surface area contributed by atoms with Gasteiger partial charge in [0.2, 0.25) is 0 Å². The van der Waals surface area contributed by atoms with Crippen LogP contribution in [-0.4, -0.2) is 6.21 Å². The number of hydrogen-bond acceptors (Lipinski definition) is 3. The lowest BCUT2D eigenvalue weighted by atomic mass is 10.4. The average molecular weight is 113 g/mol. The predicted octanol–water partition coefficient (Wildman–Crippen LogP) is 0.184. The Kier molecular flexibility index (Phi) is 3.66. The molecule has 0 aromatic heterocycles. The Morgan fingerprint density at radius 3 is 2.75 bits per heavy atom. The largest absolute Gasteiger partial charge is 0.398 e. The molecule has 0 spiro atoms. The topological polar surface area (TPSA) is 64.4 Å². The van der Waals surface area contributed by atoms with E-state index in [4.69, 9.17) is 11.6 Å². The Bertz CT molecular complexity index is 104. The Morgan fingerprint density at radius 1 is 1.75 bits per heavy atom. The highest BCUT2D eigenvalue weighted by Gasteiger charge is 1.76. The minimum Gasteiger partial charge on any atom is -0.398 e. The third kappa shape index (κ3) is 3.21. The van der Waals surface area contributed by atoms with E-state index in [0.717, 1.165) is 6.42 Å². The lowest BCUT2D eigenvalue weighted by molar-refractivity contribution is 1.19. The van der Waals surface area contributed by atoms with Crippen molar-refractivity contribution in [2.24, 2.45) is 16.7 Å². The molecule has 0 aromatic carbocycles. The summed E-state index contributed by atoms with van der Waals surface area (Å²) >= 11 is 0. The smallest absolute Gasteiger partial charge is 0.0691 e. The van der Waals surface area contributed by atoms with Crippen molar-refractivity contribution in [3.05, 3.63) is 11.8 Å². The molecule has 0 atom stereocenters. The summed E-state index contributed by atoms with van der Waals surface area (Å²) in [5, 5.41) is 3.24. The maximum Gasteiger partial charge on any atom is 0.0691 e. The maximum absolute atomic E-state index is 5.33. The maximum atomic E-state index is 5.33. The predicted molar refractivity (Wildman–Crippen MR) is 35.2 cm³/mol. The zero-order chi connectivity index (χ0) is 6.41. The molecule has 0 bridgehead atoms. The molecule has 0 aliphatic rings. The molecule has 4 N–H and O–H groups in total. The Labute approximate surface area is 49.1 Å². The fourth-order valence-electron chi connectivity index (χ4n) is 0.374. The lowest BCUT2D eigenvalue weighted by Crippen LogP contribution is -1.99. The van der Waals surface area contributed by atoms with Crippen molar-refractivity contribution in [3.63, 3.8) is 0 Å². The first-order valence-corrected chi connectivity index (χ1v) is 2.50. The summed E-state index contributed by atoms with van der Waals surface area (Å²) < 4.78 is 0. The molecule has 0 aliphatic heterocycles. The van der Waals surface area contributed by atoms with E-state index in [1.165, 1.54) is 6.21 Å². The van der Waals surface area contributed by atoms with Gasteiger partial charge in [0.05, 0.1) is 6.21 Å². The zero-order valence-electron chi connectivity index (χ0n) is 4.96. The number of hydrazone groups is 1. The molecule has 8 heavy (non-hydrogen) atoms. The van der Waals surface area contributed by atoms with Gasteiger partial charge in [-0.05, 0) is 6.42 Å². The quantitative estimate of drug-likeness (QED) is 0.305. The van der Waals surface area contributed by atoms with Crippen molar-refractivity contribution < 1.29 is 0 Å². The van der Waals surface area contributed by atoms with Crippen LogP contribution in [0.4, 0.5) is 0 Å². The van der Waals surface area contributed by atoms with Gasteiger partial charge in [-0.15, -0.1) is 0 Å². The molecular weight excluding hydrogens is 102 g/mol. The Hall–Kier alpha value is -0.990. The summed E-state index contributed by atoms with van der Waals surface area (Å²) in [6, 6.07) is 0. The van der Waals surface area contributed by atoms with E-state index < -0.39 is 0 Å².